The molecule has 0 saturated carbocycles. The highest BCUT2D eigenvalue weighted by atomic mass is 32.1. The zero-order chi connectivity index (χ0) is 18.3. The van der Waals surface area contributed by atoms with Crippen molar-refractivity contribution in [2.24, 2.45) is 0 Å². The Bertz CT molecular complexity index is 1160. The molecule has 0 spiro atoms. The van der Waals surface area contributed by atoms with Gasteiger partial charge >= 0.3 is 0 Å². The number of aromatic nitrogens is 2. The molecule has 0 aliphatic carbocycles. The van der Waals surface area contributed by atoms with E-state index >= 15 is 0 Å². The van der Waals surface area contributed by atoms with Crippen LogP contribution in [-0.2, 0) is 0 Å². The molecular weight excluding hydrogens is 364 g/mol. The molecule has 7 heteroatoms. The molecule has 4 aromatic heterocycles. The predicted octanol–water partition coefficient (Wildman–Crippen LogP) is 4.89. The third kappa shape index (κ3) is 2.69. The summed E-state index contributed by atoms with van der Waals surface area (Å²) in [5, 5.41) is 15.4. The minimum Gasteiger partial charge on any atom is -0.322 e. The summed E-state index contributed by atoms with van der Waals surface area (Å²) in [4.78, 5) is 19.0. The van der Waals surface area contributed by atoms with Gasteiger partial charge in [-0.1, -0.05) is 0 Å². The SMILES string of the molecule is Cc1cc(C)c2c(-n3cccc3)c(C(=O)Nc3sccc3C#N)sc2n1. The van der Waals surface area contributed by atoms with Crippen molar-refractivity contribution < 1.29 is 4.79 Å². The molecule has 0 atom stereocenters. The van der Waals surface area contributed by atoms with Crippen LogP contribution < -0.4 is 5.32 Å². The molecule has 0 bridgehead atoms. The van der Waals surface area contributed by atoms with Crippen LogP contribution in [0, 0.1) is 25.2 Å². The van der Waals surface area contributed by atoms with Gasteiger partial charge in [0.15, 0.2) is 0 Å². The first kappa shape index (κ1) is 16.5. The maximum Gasteiger partial charge on any atom is 0.268 e. The molecule has 5 nitrogen and oxygen atoms in total. The molecule has 4 rings (SSSR count). The number of carbonyl (C=O) groups is 1. The third-order valence-corrected chi connectivity index (χ3v) is 5.95. The van der Waals surface area contributed by atoms with Gasteiger partial charge in [0.2, 0.25) is 0 Å². The quantitative estimate of drug-likeness (QED) is 0.552. The van der Waals surface area contributed by atoms with E-state index in [2.05, 4.69) is 16.4 Å². The molecule has 1 N–H and O–H groups in total. The molecule has 128 valence electrons. The Labute approximate surface area is 158 Å². The molecule has 0 aliphatic heterocycles. The Hall–Kier alpha value is -2.95. The number of anilines is 1. The Morgan fingerprint density at radius 3 is 2.81 bits per heavy atom. The van der Waals surface area contributed by atoms with Crippen LogP contribution in [0.4, 0.5) is 5.00 Å². The Morgan fingerprint density at radius 2 is 2.08 bits per heavy atom. The van der Waals surface area contributed by atoms with Gasteiger partial charge in [0.05, 0.1) is 11.3 Å². The number of nitrogens with one attached hydrogen (secondary N) is 1. The largest absolute Gasteiger partial charge is 0.322 e. The first-order valence-electron chi connectivity index (χ1n) is 7.91. The highest BCUT2D eigenvalue weighted by molar-refractivity contribution is 7.21. The van der Waals surface area contributed by atoms with E-state index in [0.29, 0.717) is 15.4 Å². The average molecular weight is 378 g/mol. The van der Waals surface area contributed by atoms with Crippen LogP contribution in [-0.4, -0.2) is 15.5 Å². The molecule has 0 radical (unpaired) electrons. The zero-order valence-corrected chi connectivity index (χ0v) is 15.7. The summed E-state index contributed by atoms with van der Waals surface area (Å²) in [6.07, 6.45) is 3.84. The van der Waals surface area contributed by atoms with E-state index in [0.717, 1.165) is 27.2 Å². The second kappa shape index (κ2) is 6.41. The number of aryl methyl sites for hydroxylation is 2. The zero-order valence-electron chi connectivity index (χ0n) is 14.1. The smallest absolute Gasteiger partial charge is 0.268 e. The van der Waals surface area contributed by atoms with Crippen molar-refractivity contribution in [2.45, 2.75) is 13.8 Å². The highest BCUT2D eigenvalue weighted by Crippen LogP contribution is 2.36. The van der Waals surface area contributed by atoms with E-state index in [1.165, 1.54) is 22.7 Å². The second-order valence-corrected chi connectivity index (χ2v) is 7.78. The van der Waals surface area contributed by atoms with Crippen molar-refractivity contribution in [3.05, 3.63) is 63.7 Å². The number of nitrogens with zero attached hydrogens (tertiary/aromatic N) is 3. The van der Waals surface area contributed by atoms with E-state index in [-0.39, 0.29) is 5.91 Å². The number of fused-ring (bicyclic) bond motifs is 1. The summed E-state index contributed by atoms with van der Waals surface area (Å²) in [5.74, 6) is -0.229. The van der Waals surface area contributed by atoms with Gasteiger partial charge in [-0.3, -0.25) is 4.79 Å². The number of carbonyl (C=O) groups excluding carboxylic acids is 1. The average Bonchev–Trinajstić information content (AvgIpc) is 3.32. The number of rotatable bonds is 3. The highest BCUT2D eigenvalue weighted by Gasteiger charge is 2.23. The van der Waals surface area contributed by atoms with Gasteiger partial charge in [-0.2, -0.15) is 5.26 Å². The summed E-state index contributed by atoms with van der Waals surface area (Å²) < 4.78 is 1.94. The first-order valence-corrected chi connectivity index (χ1v) is 9.61. The van der Waals surface area contributed by atoms with Crippen LogP contribution in [0.3, 0.4) is 0 Å². The predicted molar refractivity (Wildman–Crippen MR) is 105 cm³/mol. The molecular formula is C19H14N4OS2. The minimum atomic E-state index is -0.229. The van der Waals surface area contributed by atoms with Crippen LogP contribution in [0.5, 0.6) is 0 Å². The molecule has 0 unspecified atom stereocenters. The van der Waals surface area contributed by atoms with Gasteiger partial charge in [-0.05, 0) is 49.1 Å². The van der Waals surface area contributed by atoms with Gasteiger partial charge in [0.1, 0.15) is 20.8 Å². The molecule has 1 amide bonds. The molecule has 26 heavy (non-hydrogen) atoms. The van der Waals surface area contributed by atoms with Crippen LogP contribution >= 0.6 is 22.7 Å². The van der Waals surface area contributed by atoms with Crippen molar-refractivity contribution in [3.8, 4) is 11.8 Å². The van der Waals surface area contributed by atoms with Crippen molar-refractivity contribution in [3.63, 3.8) is 0 Å². The maximum atomic E-state index is 13.0. The summed E-state index contributed by atoms with van der Waals surface area (Å²) in [6.45, 7) is 3.98. The molecule has 0 fully saturated rings. The number of hydrogen-bond acceptors (Lipinski definition) is 5. The molecule has 4 aromatic rings. The van der Waals surface area contributed by atoms with Crippen molar-refractivity contribution in [2.75, 3.05) is 5.32 Å². The number of hydrogen-bond donors (Lipinski definition) is 1. The van der Waals surface area contributed by atoms with Gasteiger partial charge in [0, 0.05) is 23.5 Å². The second-order valence-electron chi connectivity index (χ2n) is 5.86. The minimum absolute atomic E-state index is 0.229. The lowest BCUT2D eigenvalue weighted by molar-refractivity contribution is 0.103. The Balaban J connectivity index is 1.89. The summed E-state index contributed by atoms with van der Waals surface area (Å²) in [7, 11) is 0. The number of nitriles is 1. The Morgan fingerprint density at radius 1 is 1.31 bits per heavy atom. The standard InChI is InChI=1S/C19H14N4OS2/c1-11-9-12(2)21-19-14(11)15(23-6-3-4-7-23)16(26-19)17(24)22-18-13(10-20)5-8-25-18/h3-9H,1-2H3,(H,22,24). The number of pyridine rings is 1. The van der Waals surface area contributed by atoms with Crippen LogP contribution in [0.1, 0.15) is 26.5 Å². The van der Waals surface area contributed by atoms with E-state index in [9.17, 15) is 10.1 Å². The molecule has 0 saturated heterocycles. The van der Waals surface area contributed by atoms with Crippen LogP contribution in [0.2, 0.25) is 0 Å². The molecule has 0 aliphatic rings. The first-order chi connectivity index (χ1) is 12.6. The number of amides is 1. The lowest BCUT2D eigenvalue weighted by Gasteiger charge is -2.08. The van der Waals surface area contributed by atoms with E-state index in [1.54, 1.807) is 11.4 Å². The lowest BCUT2D eigenvalue weighted by atomic mass is 10.1. The summed E-state index contributed by atoms with van der Waals surface area (Å²) >= 11 is 2.71. The van der Waals surface area contributed by atoms with Crippen molar-refractivity contribution in [1.82, 2.24) is 9.55 Å². The molecule has 0 aromatic carbocycles. The third-order valence-electron chi connectivity index (χ3n) is 4.04. The molecule has 4 heterocycles. The topological polar surface area (TPSA) is 70.7 Å². The monoisotopic (exact) mass is 378 g/mol. The van der Waals surface area contributed by atoms with Crippen LogP contribution in [0.25, 0.3) is 15.9 Å². The van der Waals surface area contributed by atoms with Crippen molar-refractivity contribution >= 4 is 43.8 Å². The van der Waals surface area contributed by atoms with E-state index in [1.807, 2.05) is 49.0 Å². The fourth-order valence-electron chi connectivity index (χ4n) is 2.96. The van der Waals surface area contributed by atoms with Gasteiger partial charge in [0.25, 0.3) is 5.91 Å². The van der Waals surface area contributed by atoms with Gasteiger partial charge in [-0.15, -0.1) is 22.7 Å². The fraction of sp³-hybridized carbons (Fsp3) is 0.105. The van der Waals surface area contributed by atoms with E-state index < -0.39 is 0 Å². The maximum absolute atomic E-state index is 13.0. The normalized spacial score (nSPS) is 10.8. The number of thiophene rings is 2. The van der Waals surface area contributed by atoms with Crippen LogP contribution in [0.15, 0.2) is 42.0 Å². The van der Waals surface area contributed by atoms with Gasteiger partial charge < -0.3 is 9.88 Å². The van der Waals surface area contributed by atoms with Gasteiger partial charge in [-0.25, -0.2) is 4.98 Å². The Kier molecular flexibility index (Phi) is 4.07. The lowest BCUT2D eigenvalue weighted by Crippen LogP contribution is -2.12. The summed E-state index contributed by atoms with van der Waals surface area (Å²) in [6, 6.07) is 9.68. The van der Waals surface area contributed by atoms with E-state index in [4.69, 9.17) is 0 Å². The summed E-state index contributed by atoms with van der Waals surface area (Å²) in [5.41, 5.74) is 3.30. The fourth-order valence-corrected chi connectivity index (χ4v) is 4.88. The van der Waals surface area contributed by atoms with Crippen molar-refractivity contribution in [1.29, 1.82) is 5.26 Å².